The first kappa shape index (κ1) is 18.4. The van der Waals surface area contributed by atoms with Gasteiger partial charge in [-0.3, -0.25) is 4.79 Å². The van der Waals surface area contributed by atoms with Crippen LogP contribution in [0.1, 0.15) is 20.3 Å². The van der Waals surface area contributed by atoms with Gasteiger partial charge in [0.05, 0.1) is 5.41 Å². The summed E-state index contributed by atoms with van der Waals surface area (Å²) in [5.74, 6) is -1.32. The molecule has 0 heterocycles. The van der Waals surface area contributed by atoms with Crippen LogP contribution in [0.4, 0.5) is 13.2 Å². The van der Waals surface area contributed by atoms with Crippen LogP contribution in [0.15, 0.2) is 37.0 Å². The Bertz CT molecular complexity index is 398. The summed E-state index contributed by atoms with van der Waals surface area (Å²) in [5.41, 5.74) is -1.43. The number of carboxylic acids is 1. The maximum absolute atomic E-state index is 12.8. The molecule has 0 aliphatic rings. The summed E-state index contributed by atoms with van der Waals surface area (Å²) in [6, 6.07) is -1.29. The van der Waals surface area contributed by atoms with E-state index < -0.39 is 30.0 Å². The van der Waals surface area contributed by atoms with Crippen LogP contribution in [0.25, 0.3) is 0 Å². The molecule has 0 aromatic heterocycles. The number of alkyl halides is 3. The van der Waals surface area contributed by atoms with E-state index in [0.717, 1.165) is 13.8 Å². The van der Waals surface area contributed by atoms with Gasteiger partial charge in [0, 0.05) is 6.54 Å². The molecule has 0 aromatic carbocycles. The van der Waals surface area contributed by atoms with Crippen molar-refractivity contribution < 1.29 is 23.1 Å². The molecule has 0 amide bonds. The Morgan fingerprint density at radius 3 is 2.25 bits per heavy atom. The minimum absolute atomic E-state index is 0.112. The van der Waals surface area contributed by atoms with Gasteiger partial charge in [-0.15, -0.1) is 0 Å². The highest BCUT2D eigenvalue weighted by atomic mass is 19.4. The molecule has 0 fully saturated rings. The van der Waals surface area contributed by atoms with Gasteiger partial charge in [-0.2, -0.15) is 13.2 Å². The van der Waals surface area contributed by atoms with E-state index in [4.69, 9.17) is 5.11 Å². The van der Waals surface area contributed by atoms with Crippen molar-refractivity contribution in [1.29, 1.82) is 0 Å². The van der Waals surface area contributed by atoms with E-state index in [1.165, 1.54) is 12.2 Å². The van der Waals surface area contributed by atoms with Crippen LogP contribution in [0, 0.1) is 5.41 Å². The third-order valence-corrected chi connectivity index (χ3v) is 2.93. The maximum Gasteiger partial charge on any atom is 0.394 e. The second-order valence-corrected chi connectivity index (χ2v) is 5.04. The first-order valence-corrected chi connectivity index (χ1v) is 6.02. The Morgan fingerprint density at radius 1 is 1.35 bits per heavy atom. The molecule has 0 aliphatic heterocycles. The minimum atomic E-state index is -4.46. The van der Waals surface area contributed by atoms with Crippen LogP contribution >= 0.6 is 0 Å². The molecule has 0 bridgehead atoms. The first-order chi connectivity index (χ1) is 9.05. The van der Waals surface area contributed by atoms with Crippen molar-refractivity contribution in [2.24, 2.45) is 5.41 Å². The molecule has 0 saturated carbocycles. The van der Waals surface area contributed by atoms with Crippen molar-refractivity contribution in [3.63, 3.8) is 0 Å². The largest absolute Gasteiger partial charge is 0.480 e. The summed E-state index contributed by atoms with van der Waals surface area (Å²) in [6.45, 7) is 9.10. The van der Waals surface area contributed by atoms with E-state index >= 15 is 0 Å². The molecule has 0 spiro atoms. The molecule has 6 heteroatoms. The lowest BCUT2D eigenvalue weighted by Crippen LogP contribution is -2.45. The van der Waals surface area contributed by atoms with Gasteiger partial charge in [0.1, 0.15) is 6.04 Å². The highest BCUT2D eigenvalue weighted by Crippen LogP contribution is 2.41. The van der Waals surface area contributed by atoms with E-state index in [0.29, 0.717) is 5.57 Å². The Hall–Kier alpha value is -1.56. The van der Waals surface area contributed by atoms with Crippen molar-refractivity contribution in [3.8, 4) is 0 Å². The molecular formula is C14H20F3NO2. The van der Waals surface area contributed by atoms with Gasteiger partial charge < -0.3 is 10.4 Å². The molecule has 0 aromatic rings. The monoisotopic (exact) mass is 291 g/mol. The molecule has 114 valence electrons. The van der Waals surface area contributed by atoms with Crippen molar-refractivity contribution in [1.82, 2.24) is 5.32 Å². The fraction of sp³-hybridized carbons (Fsp3) is 0.500. The SMILES string of the molecule is C=C/C=C(\C=C)CNC(CC(C)(C)C(F)(F)F)C(=O)O. The number of carboxylic acid groups (broad SMARTS) is 1. The summed E-state index contributed by atoms with van der Waals surface area (Å²) in [5, 5.41) is 11.6. The number of rotatable bonds is 8. The maximum atomic E-state index is 12.8. The highest BCUT2D eigenvalue weighted by molar-refractivity contribution is 5.73. The molecule has 3 nitrogen and oxygen atoms in total. The lowest BCUT2D eigenvalue weighted by Gasteiger charge is -2.30. The summed E-state index contributed by atoms with van der Waals surface area (Å²) >= 11 is 0. The molecule has 1 atom stereocenters. The van der Waals surface area contributed by atoms with Gasteiger partial charge >= 0.3 is 12.1 Å². The van der Waals surface area contributed by atoms with Crippen molar-refractivity contribution in [3.05, 3.63) is 37.0 Å². The Morgan fingerprint density at radius 2 is 1.90 bits per heavy atom. The summed E-state index contributed by atoms with van der Waals surface area (Å²) < 4.78 is 38.3. The van der Waals surface area contributed by atoms with Crippen LogP contribution < -0.4 is 5.32 Å². The van der Waals surface area contributed by atoms with Gasteiger partial charge in [0.2, 0.25) is 0 Å². The van der Waals surface area contributed by atoms with Crippen LogP contribution in [0.2, 0.25) is 0 Å². The number of hydrogen-bond donors (Lipinski definition) is 2. The number of aliphatic carboxylic acids is 1. The van der Waals surface area contributed by atoms with Crippen molar-refractivity contribution >= 4 is 5.97 Å². The first-order valence-electron chi connectivity index (χ1n) is 6.02. The van der Waals surface area contributed by atoms with E-state index in [2.05, 4.69) is 18.5 Å². The number of carbonyl (C=O) groups is 1. The summed E-state index contributed by atoms with van der Waals surface area (Å²) in [4.78, 5) is 11.1. The van der Waals surface area contributed by atoms with Gasteiger partial charge in [-0.1, -0.05) is 45.2 Å². The number of halogens is 3. The van der Waals surface area contributed by atoms with Gasteiger partial charge in [0.15, 0.2) is 0 Å². The Balaban J connectivity index is 4.85. The lowest BCUT2D eigenvalue weighted by atomic mass is 9.85. The van der Waals surface area contributed by atoms with E-state index in [1.54, 1.807) is 6.08 Å². The fourth-order valence-corrected chi connectivity index (χ4v) is 1.46. The Labute approximate surface area is 116 Å². The predicted molar refractivity (Wildman–Crippen MR) is 72.4 cm³/mol. The topological polar surface area (TPSA) is 49.3 Å². The fourth-order valence-electron chi connectivity index (χ4n) is 1.46. The Kier molecular flexibility index (Phi) is 6.72. The number of hydrogen-bond acceptors (Lipinski definition) is 2. The average molecular weight is 291 g/mol. The zero-order valence-corrected chi connectivity index (χ0v) is 11.6. The molecular weight excluding hydrogens is 271 g/mol. The van der Waals surface area contributed by atoms with Gasteiger partial charge in [-0.05, 0) is 12.0 Å². The average Bonchev–Trinajstić information content (AvgIpc) is 2.30. The molecule has 0 radical (unpaired) electrons. The minimum Gasteiger partial charge on any atom is -0.480 e. The van der Waals surface area contributed by atoms with Crippen LogP contribution in [-0.4, -0.2) is 29.8 Å². The van der Waals surface area contributed by atoms with Crippen LogP contribution in [0.3, 0.4) is 0 Å². The standard InChI is InChI=1S/C14H20F3NO2/c1-5-7-10(6-2)9-18-11(12(19)20)8-13(3,4)14(15,16)17/h5-7,11,18H,1-2,8-9H2,3-4H3,(H,19,20)/b10-7+. The van der Waals surface area contributed by atoms with Gasteiger partial charge in [-0.25, -0.2) is 0 Å². The summed E-state index contributed by atoms with van der Waals surface area (Å²) in [6.07, 6.45) is -0.421. The quantitative estimate of drug-likeness (QED) is 0.675. The summed E-state index contributed by atoms with van der Waals surface area (Å²) in [7, 11) is 0. The zero-order chi connectivity index (χ0) is 16.0. The molecule has 2 N–H and O–H groups in total. The van der Waals surface area contributed by atoms with Gasteiger partial charge in [0.25, 0.3) is 0 Å². The smallest absolute Gasteiger partial charge is 0.394 e. The molecule has 0 saturated heterocycles. The van der Waals surface area contributed by atoms with E-state index in [-0.39, 0.29) is 6.54 Å². The zero-order valence-electron chi connectivity index (χ0n) is 11.6. The van der Waals surface area contributed by atoms with E-state index in [1.807, 2.05) is 0 Å². The third-order valence-electron chi connectivity index (χ3n) is 2.93. The normalized spacial score (nSPS) is 14.8. The highest BCUT2D eigenvalue weighted by Gasteiger charge is 2.49. The van der Waals surface area contributed by atoms with Crippen LogP contribution in [0.5, 0.6) is 0 Å². The molecule has 20 heavy (non-hydrogen) atoms. The number of allylic oxidation sites excluding steroid dienone is 2. The molecule has 0 rings (SSSR count). The van der Waals surface area contributed by atoms with Crippen molar-refractivity contribution in [2.75, 3.05) is 6.54 Å². The van der Waals surface area contributed by atoms with Crippen molar-refractivity contribution in [2.45, 2.75) is 32.5 Å². The predicted octanol–water partition coefficient (Wildman–Crippen LogP) is 3.31. The second kappa shape index (κ2) is 7.28. The molecule has 0 aliphatic carbocycles. The lowest BCUT2D eigenvalue weighted by molar-refractivity contribution is -0.215. The number of nitrogens with one attached hydrogen (secondary N) is 1. The second-order valence-electron chi connectivity index (χ2n) is 5.04. The van der Waals surface area contributed by atoms with E-state index in [9.17, 15) is 18.0 Å². The third kappa shape index (κ3) is 5.61. The van der Waals surface area contributed by atoms with Crippen LogP contribution in [-0.2, 0) is 4.79 Å². The molecule has 1 unspecified atom stereocenters.